The lowest BCUT2D eigenvalue weighted by Crippen LogP contribution is -2.22. The fourth-order valence-electron chi connectivity index (χ4n) is 3.51. The number of carbonyl (C=O) groups is 1. The van der Waals surface area contributed by atoms with E-state index in [4.69, 9.17) is 4.74 Å². The number of thioether (sulfide) groups is 1. The quantitative estimate of drug-likeness (QED) is 0.351. The molecule has 0 bridgehead atoms. The maximum atomic E-state index is 12.4. The highest BCUT2D eigenvalue weighted by molar-refractivity contribution is 7.98. The van der Waals surface area contributed by atoms with E-state index in [9.17, 15) is 4.79 Å². The molecular weight excluding hydrogens is 456 g/mol. The number of carbonyl (C=O) groups excluding carboxylic acids is 1. The Morgan fingerprint density at radius 3 is 2.76 bits per heavy atom. The molecule has 33 heavy (non-hydrogen) atoms. The predicted octanol–water partition coefficient (Wildman–Crippen LogP) is 4.27. The van der Waals surface area contributed by atoms with E-state index in [-0.39, 0.29) is 5.91 Å². The Morgan fingerprint density at radius 1 is 1.09 bits per heavy atom. The molecule has 8 nitrogen and oxygen atoms in total. The average Bonchev–Trinajstić information content (AvgIpc) is 3.49. The molecule has 3 heterocycles. The molecule has 5 aromatic rings. The van der Waals surface area contributed by atoms with Gasteiger partial charge in [-0.25, -0.2) is 0 Å². The Bertz CT molecular complexity index is 1450. The van der Waals surface area contributed by atoms with E-state index in [1.54, 1.807) is 7.11 Å². The summed E-state index contributed by atoms with van der Waals surface area (Å²) in [5, 5.41) is 22.8. The molecule has 10 heteroatoms. The Hall–Kier alpha value is -3.50. The molecule has 0 aliphatic heterocycles. The van der Waals surface area contributed by atoms with Crippen LogP contribution in [0.4, 0.5) is 0 Å². The molecule has 0 saturated carbocycles. The van der Waals surface area contributed by atoms with Crippen LogP contribution >= 0.6 is 23.1 Å². The third-order valence-corrected chi connectivity index (χ3v) is 7.20. The van der Waals surface area contributed by atoms with Crippen molar-refractivity contribution in [2.45, 2.75) is 24.4 Å². The normalized spacial score (nSPS) is 11.2. The number of benzene rings is 2. The highest BCUT2D eigenvalue weighted by Gasteiger charge is 2.16. The number of rotatable bonds is 7. The first-order valence-corrected chi connectivity index (χ1v) is 12.0. The van der Waals surface area contributed by atoms with Gasteiger partial charge in [0.15, 0.2) is 10.8 Å². The summed E-state index contributed by atoms with van der Waals surface area (Å²) in [5.41, 5.74) is 3.91. The topological polar surface area (TPSA) is 94.3 Å². The van der Waals surface area contributed by atoms with Crippen LogP contribution in [0.15, 0.2) is 59.8 Å². The molecule has 5 rings (SSSR count). The SMILES string of the molecule is COc1ccc2c(C)cc3nnc(SCc4nnc(C(=O)NCc5ccccc5)s4)n3c2c1. The molecule has 3 aromatic heterocycles. The molecule has 0 aliphatic rings. The molecule has 0 fully saturated rings. The van der Waals surface area contributed by atoms with Gasteiger partial charge < -0.3 is 10.1 Å². The van der Waals surface area contributed by atoms with E-state index < -0.39 is 0 Å². The molecule has 0 spiro atoms. The predicted molar refractivity (Wildman–Crippen MR) is 129 cm³/mol. The Kier molecular flexibility index (Phi) is 5.93. The van der Waals surface area contributed by atoms with Crippen LogP contribution < -0.4 is 10.1 Å². The second-order valence-electron chi connectivity index (χ2n) is 7.34. The minimum atomic E-state index is -0.228. The third-order valence-electron chi connectivity index (χ3n) is 5.16. The molecular formula is C23H20N6O2S2. The number of methoxy groups -OCH3 is 1. The number of fused-ring (bicyclic) bond motifs is 3. The number of ether oxygens (including phenoxy) is 1. The lowest BCUT2D eigenvalue weighted by atomic mass is 10.1. The number of aromatic nitrogens is 5. The molecule has 0 radical (unpaired) electrons. The summed E-state index contributed by atoms with van der Waals surface area (Å²) in [6.07, 6.45) is 0. The van der Waals surface area contributed by atoms with Crippen molar-refractivity contribution < 1.29 is 9.53 Å². The standard InChI is InChI=1S/C23H20N6O2S2/c1-14-10-19-25-28-23(29(19)18-11-16(31-2)8-9-17(14)18)32-13-20-26-27-22(33-20)21(30)24-12-15-6-4-3-5-7-15/h3-11H,12-13H2,1-2H3,(H,24,30). The fourth-order valence-corrected chi connectivity index (χ4v) is 5.20. The van der Waals surface area contributed by atoms with Crippen LogP contribution in [0.1, 0.15) is 25.9 Å². The lowest BCUT2D eigenvalue weighted by Gasteiger charge is -2.09. The van der Waals surface area contributed by atoms with Gasteiger partial charge in [0.25, 0.3) is 5.91 Å². The van der Waals surface area contributed by atoms with Crippen molar-refractivity contribution in [3.63, 3.8) is 0 Å². The number of aryl methyl sites for hydroxylation is 1. The van der Waals surface area contributed by atoms with Crippen LogP contribution in [0, 0.1) is 6.92 Å². The van der Waals surface area contributed by atoms with Crippen LogP contribution in [0.3, 0.4) is 0 Å². The van der Waals surface area contributed by atoms with Crippen molar-refractivity contribution >= 4 is 45.6 Å². The maximum absolute atomic E-state index is 12.4. The van der Waals surface area contributed by atoms with Crippen molar-refractivity contribution in [2.24, 2.45) is 0 Å². The van der Waals surface area contributed by atoms with E-state index in [0.717, 1.165) is 43.6 Å². The molecule has 2 aromatic carbocycles. The smallest absolute Gasteiger partial charge is 0.282 e. The first-order valence-electron chi connectivity index (χ1n) is 10.2. The van der Waals surface area contributed by atoms with Crippen LogP contribution in [0.5, 0.6) is 5.75 Å². The third kappa shape index (κ3) is 4.39. The Morgan fingerprint density at radius 2 is 1.94 bits per heavy atom. The summed E-state index contributed by atoms with van der Waals surface area (Å²) < 4.78 is 7.43. The van der Waals surface area contributed by atoms with Gasteiger partial charge in [0.05, 0.1) is 18.4 Å². The number of nitrogens with one attached hydrogen (secondary N) is 1. The van der Waals surface area contributed by atoms with Crippen LogP contribution in [0.2, 0.25) is 0 Å². The van der Waals surface area contributed by atoms with E-state index in [2.05, 4.69) is 32.6 Å². The molecule has 1 amide bonds. The van der Waals surface area contributed by atoms with Gasteiger partial charge in [-0.2, -0.15) is 0 Å². The number of hydrogen-bond acceptors (Lipinski definition) is 8. The Labute approximate surface area is 198 Å². The number of pyridine rings is 1. The van der Waals surface area contributed by atoms with Gasteiger partial charge in [-0.05, 0) is 36.2 Å². The summed E-state index contributed by atoms with van der Waals surface area (Å²) in [4.78, 5) is 12.4. The van der Waals surface area contributed by atoms with Gasteiger partial charge in [-0.1, -0.05) is 53.4 Å². The fraction of sp³-hybridized carbons (Fsp3) is 0.174. The summed E-state index contributed by atoms with van der Waals surface area (Å²) in [6, 6.07) is 17.8. The highest BCUT2D eigenvalue weighted by Crippen LogP contribution is 2.30. The zero-order chi connectivity index (χ0) is 22.8. The maximum Gasteiger partial charge on any atom is 0.282 e. The first-order chi connectivity index (χ1) is 16.1. The van der Waals surface area contributed by atoms with Crippen molar-refractivity contribution in [3.05, 3.63) is 75.7 Å². The van der Waals surface area contributed by atoms with Crippen molar-refractivity contribution in [1.82, 2.24) is 30.1 Å². The highest BCUT2D eigenvalue weighted by atomic mass is 32.2. The Balaban J connectivity index is 1.33. The summed E-state index contributed by atoms with van der Waals surface area (Å²) in [5.74, 6) is 1.08. The minimum absolute atomic E-state index is 0.228. The van der Waals surface area contributed by atoms with Gasteiger partial charge in [0.2, 0.25) is 5.01 Å². The van der Waals surface area contributed by atoms with Crippen LogP contribution in [0.25, 0.3) is 16.6 Å². The zero-order valence-corrected chi connectivity index (χ0v) is 19.6. The summed E-state index contributed by atoms with van der Waals surface area (Å²) in [6.45, 7) is 2.51. The van der Waals surface area contributed by atoms with Gasteiger partial charge in [0, 0.05) is 18.0 Å². The second-order valence-corrected chi connectivity index (χ2v) is 9.35. The van der Waals surface area contributed by atoms with Gasteiger partial charge in [-0.15, -0.1) is 20.4 Å². The summed E-state index contributed by atoms with van der Waals surface area (Å²) >= 11 is 2.79. The summed E-state index contributed by atoms with van der Waals surface area (Å²) in [7, 11) is 1.65. The van der Waals surface area contributed by atoms with E-state index in [0.29, 0.717) is 17.3 Å². The minimum Gasteiger partial charge on any atom is -0.497 e. The van der Waals surface area contributed by atoms with Crippen LogP contribution in [-0.4, -0.2) is 37.8 Å². The molecule has 166 valence electrons. The lowest BCUT2D eigenvalue weighted by molar-refractivity contribution is 0.0950. The molecule has 1 N–H and O–H groups in total. The monoisotopic (exact) mass is 476 g/mol. The first kappa shape index (κ1) is 21.4. The molecule has 0 saturated heterocycles. The zero-order valence-electron chi connectivity index (χ0n) is 18.0. The van der Waals surface area contributed by atoms with Crippen molar-refractivity contribution in [1.29, 1.82) is 0 Å². The number of nitrogens with zero attached hydrogens (tertiary/aromatic N) is 5. The van der Waals surface area contributed by atoms with E-state index >= 15 is 0 Å². The van der Waals surface area contributed by atoms with E-state index in [1.807, 2.05) is 59.0 Å². The number of amides is 1. The van der Waals surface area contributed by atoms with Crippen molar-refractivity contribution in [3.8, 4) is 5.75 Å². The van der Waals surface area contributed by atoms with Gasteiger partial charge in [0.1, 0.15) is 10.8 Å². The number of hydrogen-bond donors (Lipinski definition) is 1. The molecule has 0 aliphatic carbocycles. The van der Waals surface area contributed by atoms with Gasteiger partial charge >= 0.3 is 0 Å². The largest absolute Gasteiger partial charge is 0.497 e. The van der Waals surface area contributed by atoms with Crippen LogP contribution in [-0.2, 0) is 12.3 Å². The average molecular weight is 477 g/mol. The van der Waals surface area contributed by atoms with E-state index in [1.165, 1.54) is 23.1 Å². The van der Waals surface area contributed by atoms with Gasteiger partial charge in [-0.3, -0.25) is 9.20 Å². The molecule has 0 unspecified atom stereocenters. The molecule has 0 atom stereocenters. The van der Waals surface area contributed by atoms with Crippen molar-refractivity contribution in [2.75, 3.05) is 7.11 Å². The second kappa shape index (κ2) is 9.16.